The molecule has 0 aliphatic heterocycles. The third kappa shape index (κ3) is 3.25. The fraction of sp³-hybridized carbons (Fsp3) is 0.200. The van der Waals surface area contributed by atoms with Crippen molar-refractivity contribution in [2.24, 2.45) is 7.05 Å². The zero-order valence-electron chi connectivity index (χ0n) is 15.9. The first-order valence-electron chi connectivity index (χ1n) is 8.39. The first kappa shape index (κ1) is 18.9. The van der Waals surface area contributed by atoms with Crippen LogP contribution in [0.1, 0.15) is 16.7 Å². The van der Waals surface area contributed by atoms with Gasteiger partial charge in [0.25, 0.3) is 5.56 Å². The Bertz CT molecular complexity index is 1180. The lowest BCUT2D eigenvalue weighted by Crippen LogP contribution is -2.31. The molecular formula is C20H18N4O4. The molecule has 142 valence electrons. The summed E-state index contributed by atoms with van der Waals surface area (Å²) < 4.78 is 12.3. The Kier molecular flexibility index (Phi) is 5.00. The monoisotopic (exact) mass is 378 g/mol. The molecule has 0 fully saturated rings. The van der Waals surface area contributed by atoms with Crippen molar-refractivity contribution in [1.82, 2.24) is 14.5 Å². The third-order valence-electron chi connectivity index (χ3n) is 4.43. The van der Waals surface area contributed by atoms with E-state index in [1.807, 2.05) is 13.0 Å². The van der Waals surface area contributed by atoms with E-state index < -0.39 is 11.2 Å². The van der Waals surface area contributed by atoms with E-state index in [1.54, 1.807) is 38.2 Å². The van der Waals surface area contributed by atoms with Crippen molar-refractivity contribution in [3.05, 3.63) is 68.0 Å². The molecule has 8 heteroatoms. The third-order valence-corrected chi connectivity index (χ3v) is 4.43. The van der Waals surface area contributed by atoms with Crippen LogP contribution < -0.4 is 20.7 Å². The number of nitrogens with one attached hydrogen (secondary N) is 1. The van der Waals surface area contributed by atoms with Crippen molar-refractivity contribution in [3.8, 4) is 34.7 Å². The molecule has 2 heterocycles. The Hall–Kier alpha value is -3.86. The summed E-state index contributed by atoms with van der Waals surface area (Å²) in [6, 6.07) is 8.81. The number of rotatable bonds is 4. The molecule has 0 saturated carbocycles. The van der Waals surface area contributed by atoms with Gasteiger partial charge in [-0.15, -0.1) is 0 Å². The van der Waals surface area contributed by atoms with E-state index in [-0.39, 0.29) is 11.4 Å². The summed E-state index contributed by atoms with van der Waals surface area (Å²) in [6.07, 6.45) is 1.49. The average Bonchev–Trinajstić information content (AvgIpc) is 2.68. The highest BCUT2D eigenvalue weighted by Gasteiger charge is 2.16. The molecule has 0 aliphatic rings. The number of methoxy groups -OCH3 is 1. The molecule has 2 aromatic heterocycles. The van der Waals surface area contributed by atoms with Crippen molar-refractivity contribution in [2.75, 3.05) is 7.11 Å². The van der Waals surface area contributed by atoms with Gasteiger partial charge in [-0.2, -0.15) is 5.26 Å². The smallest absolute Gasteiger partial charge is 0.328 e. The van der Waals surface area contributed by atoms with Crippen molar-refractivity contribution < 1.29 is 9.47 Å². The topological polar surface area (TPSA) is 110 Å². The summed E-state index contributed by atoms with van der Waals surface area (Å²) in [4.78, 5) is 30.3. The quantitative estimate of drug-likeness (QED) is 0.747. The Labute approximate surface area is 160 Å². The van der Waals surface area contributed by atoms with Gasteiger partial charge in [0, 0.05) is 30.4 Å². The van der Waals surface area contributed by atoms with E-state index >= 15 is 0 Å². The van der Waals surface area contributed by atoms with E-state index in [1.165, 1.54) is 17.9 Å². The van der Waals surface area contributed by atoms with E-state index in [9.17, 15) is 14.9 Å². The molecule has 1 aromatic carbocycles. The minimum atomic E-state index is -0.482. The van der Waals surface area contributed by atoms with Crippen molar-refractivity contribution in [1.29, 1.82) is 5.26 Å². The van der Waals surface area contributed by atoms with Crippen LogP contribution in [-0.2, 0) is 7.05 Å². The van der Waals surface area contributed by atoms with Gasteiger partial charge in [-0.05, 0) is 37.6 Å². The number of nitrogens with zero attached hydrogens (tertiary/aromatic N) is 3. The molecule has 0 radical (unpaired) electrons. The van der Waals surface area contributed by atoms with Gasteiger partial charge in [0.2, 0.25) is 5.88 Å². The second kappa shape index (κ2) is 7.40. The number of ether oxygens (including phenoxy) is 2. The molecule has 8 nitrogen and oxygen atoms in total. The second-order valence-corrected chi connectivity index (χ2v) is 6.18. The van der Waals surface area contributed by atoms with Crippen LogP contribution in [0.2, 0.25) is 0 Å². The number of benzene rings is 1. The molecule has 0 spiro atoms. The zero-order valence-corrected chi connectivity index (χ0v) is 15.9. The Morgan fingerprint density at radius 2 is 1.96 bits per heavy atom. The van der Waals surface area contributed by atoms with E-state index in [0.29, 0.717) is 22.8 Å². The maximum atomic E-state index is 12.0. The molecule has 28 heavy (non-hydrogen) atoms. The molecular weight excluding hydrogens is 360 g/mol. The molecule has 0 bridgehead atoms. The summed E-state index contributed by atoms with van der Waals surface area (Å²) in [5.74, 6) is 0.967. The predicted molar refractivity (Wildman–Crippen MR) is 103 cm³/mol. The lowest BCUT2D eigenvalue weighted by molar-refractivity contribution is 0.403. The van der Waals surface area contributed by atoms with Crippen LogP contribution in [0.5, 0.6) is 17.4 Å². The SMILES string of the molecule is COc1ccnc(Oc2ccc(-c3c(C)c(=O)[nH]c(=O)n3C)c(C)c2)c1C#N. The summed E-state index contributed by atoms with van der Waals surface area (Å²) in [5.41, 5.74) is 1.80. The fourth-order valence-corrected chi connectivity index (χ4v) is 2.97. The maximum absolute atomic E-state index is 12.0. The Morgan fingerprint density at radius 1 is 1.21 bits per heavy atom. The van der Waals surface area contributed by atoms with Crippen LogP contribution in [0.25, 0.3) is 11.3 Å². The minimum Gasteiger partial charge on any atom is -0.495 e. The number of aromatic amines is 1. The summed E-state index contributed by atoms with van der Waals surface area (Å²) in [5, 5.41) is 9.35. The van der Waals surface area contributed by atoms with E-state index in [4.69, 9.17) is 9.47 Å². The predicted octanol–water partition coefficient (Wildman–Crippen LogP) is 2.43. The molecule has 0 aliphatic carbocycles. The normalized spacial score (nSPS) is 10.4. The molecule has 0 amide bonds. The van der Waals surface area contributed by atoms with Crippen LogP contribution in [0.4, 0.5) is 0 Å². The van der Waals surface area contributed by atoms with Gasteiger partial charge in [-0.25, -0.2) is 9.78 Å². The summed E-state index contributed by atoms with van der Waals surface area (Å²) >= 11 is 0. The standard InChI is InChI=1S/C20H18N4O4/c1-11-9-13(28-19-15(10-21)16(27-4)7-8-22-19)5-6-14(11)17-12(2)18(25)23-20(26)24(17)3/h5-9H,1-4H3,(H,23,25,26). The highest BCUT2D eigenvalue weighted by molar-refractivity contribution is 5.68. The highest BCUT2D eigenvalue weighted by Crippen LogP contribution is 2.32. The Balaban J connectivity index is 2.06. The number of nitriles is 1. The zero-order chi connectivity index (χ0) is 20.4. The van der Waals surface area contributed by atoms with Crippen molar-refractivity contribution in [2.45, 2.75) is 13.8 Å². The van der Waals surface area contributed by atoms with Gasteiger partial charge in [0.1, 0.15) is 17.6 Å². The van der Waals surface area contributed by atoms with Crippen LogP contribution in [0.15, 0.2) is 40.1 Å². The number of aryl methyl sites for hydroxylation is 1. The van der Waals surface area contributed by atoms with Crippen LogP contribution in [-0.4, -0.2) is 21.6 Å². The molecule has 3 rings (SSSR count). The maximum Gasteiger partial charge on any atom is 0.328 e. The Morgan fingerprint density at radius 3 is 2.61 bits per heavy atom. The van der Waals surface area contributed by atoms with Gasteiger partial charge >= 0.3 is 5.69 Å². The minimum absolute atomic E-state index is 0.133. The second-order valence-electron chi connectivity index (χ2n) is 6.18. The van der Waals surface area contributed by atoms with Crippen molar-refractivity contribution in [3.63, 3.8) is 0 Å². The van der Waals surface area contributed by atoms with Crippen LogP contribution in [0.3, 0.4) is 0 Å². The lowest BCUT2D eigenvalue weighted by atomic mass is 10.0. The van der Waals surface area contributed by atoms with Crippen LogP contribution >= 0.6 is 0 Å². The highest BCUT2D eigenvalue weighted by atomic mass is 16.5. The van der Waals surface area contributed by atoms with E-state index in [2.05, 4.69) is 9.97 Å². The van der Waals surface area contributed by atoms with Gasteiger partial charge in [-0.3, -0.25) is 14.3 Å². The number of aromatic nitrogens is 3. The van der Waals surface area contributed by atoms with Gasteiger partial charge < -0.3 is 9.47 Å². The van der Waals surface area contributed by atoms with Crippen molar-refractivity contribution >= 4 is 0 Å². The molecule has 3 aromatic rings. The lowest BCUT2D eigenvalue weighted by Gasteiger charge is -2.15. The first-order chi connectivity index (χ1) is 13.4. The van der Waals surface area contributed by atoms with Gasteiger partial charge in [0.15, 0.2) is 5.56 Å². The van der Waals surface area contributed by atoms with Gasteiger partial charge in [-0.1, -0.05) is 0 Å². The summed E-state index contributed by atoms with van der Waals surface area (Å²) in [6.45, 7) is 3.51. The molecule has 0 unspecified atom stereocenters. The molecule has 1 N–H and O–H groups in total. The number of H-pyrrole nitrogens is 1. The average molecular weight is 378 g/mol. The fourth-order valence-electron chi connectivity index (χ4n) is 2.97. The summed E-state index contributed by atoms with van der Waals surface area (Å²) in [7, 11) is 3.07. The van der Waals surface area contributed by atoms with E-state index in [0.717, 1.165) is 11.1 Å². The first-order valence-corrected chi connectivity index (χ1v) is 8.39. The molecule has 0 atom stereocenters. The molecule has 0 saturated heterocycles. The van der Waals surface area contributed by atoms with Crippen LogP contribution in [0, 0.1) is 25.2 Å². The number of hydrogen-bond donors (Lipinski definition) is 1. The van der Waals surface area contributed by atoms with Gasteiger partial charge in [0.05, 0.1) is 12.8 Å². The number of hydrogen-bond acceptors (Lipinski definition) is 6. The number of pyridine rings is 1. The largest absolute Gasteiger partial charge is 0.495 e.